The van der Waals surface area contributed by atoms with Crippen LogP contribution in [0.4, 0.5) is 0 Å². The maximum Gasteiger partial charge on any atom is 0.451 e. The molecule has 0 aliphatic carbocycles. The van der Waals surface area contributed by atoms with Crippen LogP contribution in [0.3, 0.4) is 0 Å². The Morgan fingerprint density at radius 1 is 1.32 bits per heavy atom. The summed E-state index contributed by atoms with van der Waals surface area (Å²) in [5.41, 5.74) is 5.28. The van der Waals surface area contributed by atoms with Crippen LogP contribution in [0.2, 0.25) is 6.32 Å². The first kappa shape index (κ1) is 20.4. The fourth-order valence-electron chi connectivity index (χ4n) is 3.64. The smallest absolute Gasteiger partial charge is 0.451 e. The highest BCUT2D eigenvalue weighted by Crippen LogP contribution is 2.34. The average Bonchev–Trinajstić information content (AvgIpc) is 3.06. The van der Waals surface area contributed by atoms with Crippen LogP contribution in [0.5, 0.6) is 11.5 Å². The van der Waals surface area contributed by atoms with Crippen molar-refractivity contribution in [2.75, 3.05) is 19.6 Å². The number of hydrogen-bond acceptors (Lipinski definition) is 8. The maximum absolute atomic E-state index is 11.6. The standard InChI is InChI=1S/C17H24BN3O7/c19-16(23)12-5-10(6-20-12)21-7-11(8-21)28-13-2-1-9(3-4-18(26)27)15(22)14(13)17(24)25/h1-2,10-12,20,22,26-27H,3-8H2,(H2,19,23)(H,24,25)/t10?,12-/m0/s1. The van der Waals surface area contributed by atoms with Gasteiger partial charge in [-0.3, -0.25) is 9.69 Å². The van der Waals surface area contributed by atoms with E-state index in [1.165, 1.54) is 12.1 Å². The van der Waals surface area contributed by atoms with E-state index in [9.17, 15) is 19.8 Å². The molecule has 10 nitrogen and oxygen atoms in total. The van der Waals surface area contributed by atoms with Gasteiger partial charge in [0.2, 0.25) is 5.91 Å². The van der Waals surface area contributed by atoms with E-state index in [4.69, 9.17) is 20.5 Å². The molecular formula is C17H24BN3O7. The van der Waals surface area contributed by atoms with Gasteiger partial charge in [0, 0.05) is 25.7 Å². The van der Waals surface area contributed by atoms with Gasteiger partial charge in [0.05, 0.1) is 6.04 Å². The number of aryl methyl sites for hydroxylation is 1. The number of carbonyl (C=O) groups excluding carboxylic acids is 1. The van der Waals surface area contributed by atoms with Gasteiger partial charge < -0.3 is 36.0 Å². The molecule has 1 aromatic carbocycles. The van der Waals surface area contributed by atoms with Crippen molar-refractivity contribution < 1.29 is 34.6 Å². The van der Waals surface area contributed by atoms with Gasteiger partial charge in [0.1, 0.15) is 23.2 Å². The minimum absolute atomic E-state index is 0.0217. The Kier molecular flexibility index (Phi) is 6.09. The molecule has 11 heteroatoms. The van der Waals surface area contributed by atoms with Crippen molar-refractivity contribution in [2.24, 2.45) is 5.73 Å². The fraction of sp³-hybridized carbons (Fsp3) is 0.529. The second-order valence-electron chi connectivity index (χ2n) is 7.22. The van der Waals surface area contributed by atoms with Gasteiger partial charge in [-0.05, 0) is 30.8 Å². The Morgan fingerprint density at radius 2 is 2.04 bits per heavy atom. The number of hydrogen-bond donors (Lipinski definition) is 6. The first-order chi connectivity index (χ1) is 13.3. The zero-order valence-corrected chi connectivity index (χ0v) is 15.2. The first-order valence-electron chi connectivity index (χ1n) is 9.14. The third-order valence-corrected chi connectivity index (χ3v) is 5.25. The molecule has 2 aliphatic rings. The summed E-state index contributed by atoms with van der Waals surface area (Å²) in [6.07, 6.45) is 0.507. The number of phenols is 1. The minimum Gasteiger partial charge on any atom is -0.507 e. The summed E-state index contributed by atoms with van der Waals surface area (Å²) in [4.78, 5) is 25.0. The second-order valence-corrected chi connectivity index (χ2v) is 7.22. The zero-order chi connectivity index (χ0) is 20.4. The highest BCUT2D eigenvalue weighted by Gasteiger charge is 2.39. The van der Waals surface area contributed by atoms with Crippen LogP contribution in [0, 0.1) is 0 Å². The molecule has 2 heterocycles. The van der Waals surface area contributed by atoms with E-state index in [-0.39, 0.29) is 48.1 Å². The van der Waals surface area contributed by atoms with Gasteiger partial charge in [-0.15, -0.1) is 0 Å². The summed E-state index contributed by atoms with van der Waals surface area (Å²) in [5, 5.41) is 40.7. The number of rotatable bonds is 8. The third kappa shape index (κ3) is 4.38. The number of nitrogens with zero attached hydrogens (tertiary/aromatic N) is 1. The van der Waals surface area contributed by atoms with Crippen molar-refractivity contribution in [1.29, 1.82) is 0 Å². The highest BCUT2D eigenvalue weighted by atomic mass is 16.5. The quantitative estimate of drug-likeness (QED) is 0.285. The van der Waals surface area contributed by atoms with Crippen LogP contribution < -0.4 is 15.8 Å². The molecule has 1 amide bonds. The SMILES string of the molecule is NC(=O)[C@@H]1CC(N2CC(Oc3ccc(CCB(O)O)c(O)c3C(=O)O)C2)CN1. The van der Waals surface area contributed by atoms with E-state index in [2.05, 4.69) is 10.2 Å². The molecule has 28 heavy (non-hydrogen) atoms. The van der Waals surface area contributed by atoms with E-state index in [0.29, 0.717) is 31.6 Å². The number of nitrogens with two attached hydrogens (primary N) is 1. The molecule has 0 spiro atoms. The molecule has 2 fully saturated rings. The summed E-state index contributed by atoms with van der Waals surface area (Å²) < 4.78 is 5.77. The minimum atomic E-state index is -1.54. The summed E-state index contributed by atoms with van der Waals surface area (Å²) in [5.74, 6) is -2.04. The maximum atomic E-state index is 11.6. The molecule has 0 radical (unpaired) electrons. The lowest BCUT2D eigenvalue weighted by molar-refractivity contribution is -0.119. The number of amides is 1. The number of aromatic carboxylic acids is 1. The molecule has 1 aromatic rings. The molecule has 1 unspecified atom stereocenters. The second kappa shape index (κ2) is 8.35. The summed E-state index contributed by atoms with van der Waals surface area (Å²) in [6.45, 7) is 1.82. The Labute approximate surface area is 162 Å². The van der Waals surface area contributed by atoms with Crippen molar-refractivity contribution in [3.8, 4) is 11.5 Å². The van der Waals surface area contributed by atoms with Crippen LogP contribution in [-0.2, 0) is 11.2 Å². The summed E-state index contributed by atoms with van der Waals surface area (Å²) in [7, 11) is -1.54. The van der Waals surface area contributed by atoms with Crippen LogP contribution in [0.1, 0.15) is 22.3 Å². The molecule has 2 aliphatic heterocycles. The Morgan fingerprint density at radius 3 is 2.61 bits per heavy atom. The molecule has 2 saturated heterocycles. The number of carboxylic acids is 1. The van der Waals surface area contributed by atoms with Gasteiger partial charge in [-0.2, -0.15) is 0 Å². The van der Waals surface area contributed by atoms with Gasteiger partial charge in [-0.25, -0.2) is 4.79 Å². The normalized spacial score (nSPS) is 22.6. The van der Waals surface area contributed by atoms with E-state index >= 15 is 0 Å². The lowest BCUT2D eigenvalue weighted by atomic mass is 9.82. The highest BCUT2D eigenvalue weighted by molar-refractivity contribution is 6.41. The zero-order valence-electron chi connectivity index (χ0n) is 15.2. The monoisotopic (exact) mass is 393 g/mol. The van der Waals surface area contributed by atoms with Crippen LogP contribution >= 0.6 is 0 Å². The fourth-order valence-corrected chi connectivity index (χ4v) is 3.64. The van der Waals surface area contributed by atoms with Crippen LogP contribution in [-0.4, -0.2) is 82.0 Å². The molecule has 0 aromatic heterocycles. The number of primary amides is 1. The van der Waals surface area contributed by atoms with Crippen molar-refractivity contribution in [2.45, 2.75) is 37.3 Å². The Balaban J connectivity index is 1.61. The van der Waals surface area contributed by atoms with Crippen molar-refractivity contribution in [3.63, 3.8) is 0 Å². The molecular weight excluding hydrogens is 369 g/mol. The third-order valence-electron chi connectivity index (χ3n) is 5.25. The van der Waals surface area contributed by atoms with E-state index in [1.807, 2.05) is 0 Å². The number of ether oxygens (including phenoxy) is 1. The molecule has 0 bridgehead atoms. The summed E-state index contributed by atoms with van der Waals surface area (Å²) >= 11 is 0. The number of carbonyl (C=O) groups is 2. The molecule has 152 valence electrons. The van der Waals surface area contributed by atoms with E-state index < -0.39 is 18.8 Å². The van der Waals surface area contributed by atoms with Gasteiger partial charge in [0.15, 0.2) is 0 Å². The molecule has 3 rings (SSSR count). The molecule has 0 saturated carbocycles. The largest absolute Gasteiger partial charge is 0.507 e. The average molecular weight is 393 g/mol. The lowest BCUT2D eigenvalue weighted by Crippen LogP contribution is -2.58. The Bertz CT molecular complexity index is 755. The Hall–Kier alpha value is -2.34. The first-order valence-corrected chi connectivity index (χ1v) is 9.14. The molecule has 2 atom stereocenters. The topological polar surface area (TPSA) is 166 Å². The van der Waals surface area contributed by atoms with Crippen molar-refractivity contribution >= 4 is 19.0 Å². The van der Waals surface area contributed by atoms with Gasteiger partial charge in [-0.1, -0.05) is 6.07 Å². The van der Waals surface area contributed by atoms with Crippen LogP contribution in [0.25, 0.3) is 0 Å². The van der Waals surface area contributed by atoms with Gasteiger partial charge >= 0.3 is 13.1 Å². The predicted molar refractivity (Wildman–Crippen MR) is 99.1 cm³/mol. The number of likely N-dealkylation sites (tertiary alicyclic amines) is 1. The van der Waals surface area contributed by atoms with Crippen molar-refractivity contribution in [3.05, 3.63) is 23.3 Å². The number of aromatic hydroxyl groups is 1. The number of benzene rings is 1. The lowest BCUT2D eigenvalue weighted by Gasteiger charge is -2.42. The summed E-state index contributed by atoms with van der Waals surface area (Å²) in [6, 6.07) is 2.85. The predicted octanol–water partition coefficient (Wildman–Crippen LogP) is -1.62. The van der Waals surface area contributed by atoms with E-state index in [0.717, 1.165) is 0 Å². The number of carboxylic acid groups (broad SMARTS) is 1. The molecule has 7 N–H and O–H groups in total. The van der Waals surface area contributed by atoms with Gasteiger partial charge in [0.25, 0.3) is 0 Å². The van der Waals surface area contributed by atoms with Crippen molar-refractivity contribution in [1.82, 2.24) is 10.2 Å². The van der Waals surface area contributed by atoms with Crippen LogP contribution in [0.15, 0.2) is 12.1 Å². The van der Waals surface area contributed by atoms with E-state index in [1.54, 1.807) is 0 Å². The number of nitrogens with one attached hydrogen (secondary N) is 1.